The highest BCUT2D eigenvalue weighted by atomic mass is 32.1. The molecule has 1 unspecified atom stereocenters. The number of guanidine groups is 1. The fraction of sp³-hybridized carbons (Fsp3) is 0.353. The standard InChI is InChI=1S/C17H21F2N3S/c1-3-20-17(22-11-14-5-4-8-23-14)21-10-12(2)13-6-7-15(18)16(19)9-13/h4-9,12H,3,10-11H2,1-2H3,(H2,20,21,22). The third-order valence-electron chi connectivity index (χ3n) is 3.41. The van der Waals surface area contributed by atoms with Crippen LogP contribution < -0.4 is 10.6 Å². The number of rotatable bonds is 6. The first-order chi connectivity index (χ1) is 11.1. The molecule has 0 bridgehead atoms. The van der Waals surface area contributed by atoms with Crippen molar-refractivity contribution in [2.45, 2.75) is 26.3 Å². The number of nitrogens with one attached hydrogen (secondary N) is 2. The number of hydrogen-bond donors (Lipinski definition) is 2. The Labute approximate surface area is 139 Å². The van der Waals surface area contributed by atoms with Gasteiger partial charge in [0.05, 0.1) is 6.54 Å². The van der Waals surface area contributed by atoms with Gasteiger partial charge in [-0.2, -0.15) is 0 Å². The average molecular weight is 337 g/mol. The Hall–Kier alpha value is -1.95. The number of hydrogen-bond acceptors (Lipinski definition) is 2. The van der Waals surface area contributed by atoms with Crippen LogP contribution in [0.15, 0.2) is 40.7 Å². The van der Waals surface area contributed by atoms with Gasteiger partial charge in [-0.05, 0) is 42.0 Å². The predicted molar refractivity (Wildman–Crippen MR) is 91.9 cm³/mol. The molecule has 0 aliphatic rings. The van der Waals surface area contributed by atoms with Crippen molar-refractivity contribution >= 4 is 17.3 Å². The lowest BCUT2D eigenvalue weighted by molar-refractivity contribution is 0.505. The summed E-state index contributed by atoms with van der Waals surface area (Å²) in [5, 5.41) is 8.45. The highest BCUT2D eigenvalue weighted by molar-refractivity contribution is 7.09. The second-order valence-electron chi connectivity index (χ2n) is 5.23. The third kappa shape index (κ3) is 5.32. The Morgan fingerprint density at radius 2 is 2.04 bits per heavy atom. The van der Waals surface area contributed by atoms with Gasteiger partial charge in [-0.25, -0.2) is 13.8 Å². The van der Waals surface area contributed by atoms with Gasteiger partial charge in [-0.3, -0.25) is 0 Å². The maximum absolute atomic E-state index is 13.3. The molecule has 6 heteroatoms. The Balaban J connectivity index is 1.94. The molecule has 0 saturated carbocycles. The lowest BCUT2D eigenvalue weighted by atomic mass is 10.0. The van der Waals surface area contributed by atoms with E-state index in [1.165, 1.54) is 10.9 Å². The van der Waals surface area contributed by atoms with Crippen LogP contribution in [-0.2, 0) is 6.54 Å². The number of nitrogens with zero attached hydrogens (tertiary/aromatic N) is 1. The molecule has 1 heterocycles. The van der Waals surface area contributed by atoms with Crippen LogP contribution in [0.5, 0.6) is 0 Å². The van der Waals surface area contributed by atoms with Gasteiger partial charge in [0.25, 0.3) is 0 Å². The van der Waals surface area contributed by atoms with Gasteiger partial charge in [0.2, 0.25) is 0 Å². The van der Waals surface area contributed by atoms with E-state index in [0.717, 1.165) is 24.1 Å². The van der Waals surface area contributed by atoms with E-state index in [2.05, 4.69) is 15.6 Å². The number of halogens is 2. The minimum Gasteiger partial charge on any atom is -0.357 e. The summed E-state index contributed by atoms with van der Waals surface area (Å²) in [6, 6.07) is 8.07. The molecular weight excluding hydrogens is 316 g/mol. The summed E-state index contributed by atoms with van der Waals surface area (Å²) >= 11 is 1.67. The lowest BCUT2D eigenvalue weighted by Gasteiger charge is -2.16. The molecule has 1 aromatic carbocycles. The number of thiophene rings is 1. The number of benzene rings is 1. The van der Waals surface area contributed by atoms with E-state index in [9.17, 15) is 8.78 Å². The maximum Gasteiger partial charge on any atom is 0.191 e. The molecular formula is C17H21F2N3S. The van der Waals surface area contributed by atoms with Crippen LogP contribution in [0.1, 0.15) is 30.2 Å². The molecule has 1 aromatic heterocycles. The molecule has 2 N–H and O–H groups in total. The Bertz CT molecular complexity index is 641. The Kier molecular flexibility index (Phi) is 6.52. The summed E-state index contributed by atoms with van der Waals surface area (Å²) in [5.74, 6) is -0.876. The first kappa shape index (κ1) is 17.4. The smallest absolute Gasteiger partial charge is 0.191 e. The van der Waals surface area contributed by atoms with Gasteiger partial charge in [0.15, 0.2) is 17.6 Å². The fourth-order valence-electron chi connectivity index (χ4n) is 2.09. The molecule has 2 aromatic rings. The van der Waals surface area contributed by atoms with E-state index in [4.69, 9.17) is 0 Å². The summed E-state index contributed by atoms with van der Waals surface area (Å²) in [5.41, 5.74) is 0.755. The summed E-state index contributed by atoms with van der Waals surface area (Å²) in [6.45, 7) is 5.92. The first-order valence-corrected chi connectivity index (χ1v) is 8.47. The van der Waals surface area contributed by atoms with Crippen molar-refractivity contribution in [2.75, 3.05) is 13.1 Å². The van der Waals surface area contributed by atoms with Crippen molar-refractivity contribution in [1.29, 1.82) is 0 Å². The quantitative estimate of drug-likeness (QED) is 0.620. The molecule has 0 spiro atoms. The van der Waals surface area contributed by atoms with E-state index in [-0.39, 0.29) is 5.92 Å². The zero-order chi connectivity index (χ0) is 16.7. The average Bonchev–Trinajstić information content (AvgIpc) is 3.06. The monoisotopic (exact) mass is 337 g/mol. The number of aliphatic imine (C=N–C) groups is 1. The molecule has 0 aliphatic heterocycles. The van der Waals surface area contributed by atoms with Crippen molar-refractivity contribution in [3.8, 4) is 0 Å². The third-order valence-corrected chi connectivity index (χ3v) is 4.27. The van der Waals surface area contributed by atoms with Crippen LogP contribution >= 0.6 is 11.3 Å². The molecule has 124 valence electrons. The highest BCUT2D eigenvalue weighted by Crippen LogP contribution is 2.17. The second-order valence-corrected chi connectivity index (χ2v) is 6.26. The highest BCUT2D eigenvalue weighted by Gasteiger charge is 2.10. The topological polar surface area (TPSA) is 36.4 Å². The van der Waals surface area contributed by atoms with E-state index < -0.39 is 11.6 Å². The van der Waals surface area contributed by atoms with Crippen LogP contribution in [-0.4, -0.2) is 19.0 Å². The fourth-order valence-corrected chi connectivity index (χ4v) is 2.72. The van der Waals surface area contributed by atoms with Gasteiger partial charge in [0, 0.05) is 18.0 Å². The van der Waals surface area contributed by atoms with Crippen molar-refractivity contribution in [2.24, 2.45) is 4.99 Å². The summed E-state index contributed by atoms with van der Waals surface area (Å²) in [4.78, 5) is 5.71. The molecule has 1 atom stereocenters. The second kappa shape index (κ2) is 8.62. The molecule has 3 nitrogen and oxygen atoms in total. The molecule has 23 heavy (non-hydrogen) atoms. The van der Waals surface area contributed by atoms with Crippen LogP contribution in [0, 0.1) is 11.6 Å². The van der Waals surface area contributed by atoms with Crippen molar-refractivity contribution < 1.29 is 8.78 Å². The molecule has 0 fully saturated rings. The molecule has 0 saturated heterocycles. The van der Waals surface area contributed by atoms with E-state index in [1.807, 2.05) is 31.4 Å². The van der Waals surface area contributed by atoms with Crippen LogP contribution in [0.25, 0.3) is 0 Å². The first-order valence-electron chi connectivity index (χ1n) is 7.59. The molecule has 0 aliphatic carbocycles. The van der Waals surface area contributed by atoms with E-state index >= 15 is 0 Å². The van der Waals surface area contributed by atoms with Crippen LogP contribution in [0.4, 0.5) is 8.78 Å². The SMILES string of the molecule is CCNC(=NCc1cccs1)NCC(C)c1ccc(F)c(F)c1. The van der Waals surface area contributed by atoms with Crippen molar-refractivity contribution in [3.05, 3.63) is 57.8 Å². The normalized spacial score (nSPS) is 13.0. The molecule has 0 amide bonds. The van der Waals surface area contributed by atoms with Crippen LogP contribution in [0.3, 0.4) is 0 Å². The zero-order valence-corrected chi connectivity index (χ0v) is 14.1. The van der Waals surface area contributed by atoms with Gasteiger partial charge in [-0.1, -0.05) is 19.1 Å². The zero-order valence-electron chi connectivity index (χ0n) is 13.3. The summed E-state index contributed by atoms with van der Waals surface area (Å²) < 4.78 is 26.3. The minimum atomic E-state index is -0.820. The van der Waals surface area contributed by atoms with Crippen molar-refractivity contribution in [3.63, 3.8) is 0 Å². The van der Waals surface area contributed by atoms with Gasteiger partial charge in [-0.15, -0.1) is 11.3 Å². The largest absolute Gasteiger partial charge is 0.357 e. The molecule has 0 radical (unpaired) electrons. The van der Waals surface area contributed by atoms with Gasteiger partial charge < -0.3 is 10.6 Å². The van der Waals surface area contributed by atoms with Gasteiger partial charge >= 0.3 is 0 Å². The summed E-state index contributed by atoms with van der Waals surface area (Å²) in [7, 11) is 0. The van der Waals surface area contributed by atoms with E-state index in [1.54, 1.807) is 17.4 Å². The Morgan fingerprint density at radius 1 is 1.22 bits per heavy atom. The summed E-state index contributed by atoms with van der Waals surface area (Å²) in [6.07, 6.45) is 0. The predicted octanol–water partition coefficient (Wildman–Crippen LogP) is 3.89. The van der Waals surface area contributed by atoms with Gasteiger partial charge in [0.1, 0.15) is 0 Å². The van der Waals surface area contributed by atoms with E-state index in [0.29, 0.717) is 13.1 Å². The van der Waals surface area contributed by atoms with Crippen LogP contribution in [0.2, 0.25) is 0 Å². The minimum absolute atomic E-state index is 0.0377. The lowest BCUT2D eigenvalue weighted by Crippen LogP contribution is -2.39. The van der Waals surface area contributed by atoms with Crippen molar-refractivity contribution in [1.82, 2.24) is 10.6 Å². The molecule has 2 rings (SSSR count). The maximum atomic E-state index is 13.3. The Morgan fingerprint density at radius 3 is 2.70 bits per heavy atom.